The molecule has 0 bridgehead atoms. The third kappa shape index (κ3) is 3.30. The third-order valence-corrected chi connectivity index (χ3v) is 4.39. The van der Waals surface area contributed by atoms with E-state index in [4.69, 9.17) is 0 Å². The first-order chi connectivity index (χ1) is 11.5. The first kappa shape index (κ1) is 16.6. The molecule has 1 heterocycles. The van der Waals surface area contributed by atoms with Crippen molar-refractivity contribution in [3.8, 4) is 5.69 Å². The molecule has 0 aliphatic rings. The molecule has 0 atom stereocenters. The number of aromatic nitrogens is 2. The van der Waals surface area contributed by atoms with Crippen LogP contribution in [0.2, 0.25) is 0 Å². The summed E-state index contributed by atoms with van der Waals surface area (Å²) in [7, 11) is 0. The van der Waals surface area contributed by atoms with Crippen molar-refractivity contribution in [2.24, 2.45) is 0 Å². The van der Waals surface area contributed by atoms with Crippen molar-refractivity contribution in [3.63, 3.8) is 0 Å². The van der Waals surface area contributed by atoms with Gasteiger partial charge in [0.2, 0.25) is 0 Å². The largest absolute Gasteiger partial charge is 0.320 e. The highest BCUT2D eigenvalue weighted by molar-refractivity contribution is 14.1. The van der Waals surface area contributed by atoms with Crippen LogP contribution in [0.15, 0.2) is 48.5 Å². The SMILES string of the molecule is Cc1cc(C(=O)Nc2cc(F)c(I)c(F)c2)nn1-c1ccccc1. The van der Waals surface area contributed by atoms with Gasteiger partial charge in [-0.25, -0.2) is 13.5 Å². The molecule has 0 fully saturated rings. The first-order valence-corrected chi connectivity index (χ1v) is 8.11. The molecule has 1 N–H and O–H groups in total. The van der Waals surface area contributed by atoms with E-state index in [9.17, 15) is 13.6 Å². The molecule has 0 aliphatic carbocycles. The fourth-order valence-corrected chi connectivity index (χ4v) is 2.55. The van der Waals surface area contributed by atoms with E-state index in [1.54, 1.807) is 33.3 Å². The zero-order chi connectivity index (χ0) is 17.3. The Balaban J connectivity index is 1.86. The number of rotatable bonds is 3. The van der Waals surface area contributed by atoms with E-state index >= 15 is 0 Å². The minimum absolute atomic E-state index is 0.0438. The molecule has 0 spiro atoms. The number of para-hydroxylation sites is 1. The lowest BCUT2D eigenvalue weighted by Gasteiger charge is -2.05. The van der Waals surface area contributed by atoms with Crippen molar-refractivity contribution in [1.29, 1.82) is 0 Å². The minimum atomic E-state index is -0.725. The first-order valence-electron chi connectivity index (χ1n) is 7.03. The summed E-state index contributed by atoms with van der Waals surface area (Å²) < 4.78 is 28.6. The number of nitrogens with one attached hydrogen (secondary N) is 1. The molecule has 1 aromatic heterocycles. The van der Waals surface area contributed by atoms with Gasteiger partial charge >= 0.3 is 0 Å². The topological polar surface area (TPSA) is 46.9 Å². The number of carbonyl (C=O) groups is 1. The smallest absolute Gasteiger partial charge is 0.276 e. The van der Waals surface area contributed by atoms with Gasteiger partial charge in [0.1, 0.15) is 11.6 Å². The number of hydrogen-bond acceptors (Lipinski definition) is 2. The van der Waals surface area contributed by atoms with Gasteiger partial charge in [-0.1, -0.05) is 18.2 Å². The summed E-state index contributed by atoms with van der Waals surface area (Å²) in [6.07, 6.45) is 0. The lowest BCUT2D eigenvalue weighted by molar-refractivity contribution is 0.102. The number of hydrogen-bond donors (Lipinski definition) is 1. The van der Waals surface area contributed by atoms with Crippen LogP contribution >= 0.6 is 22.6 Å². The Morgan fingerprint density at radius 1 is 1.12 bits per heavy atom. The zero-order valence-corrected chi connectivity index (χ0v) is 14.7. The Morgan fingerprint density at radius 2 is 1.75 bits per heavy atom. The van der Waals surface area contributed by atoms with Gasteiger partial charge < -0.3 is 5.32 Å². The van der Waals surface area contributed by atoms with Crippen LogP contribution < -0.4 is 5.32 Å². The van der Waals surface area contributed by atoms with E-state index in [1.165, 1.54) is 0 Å². The van der Waals surface area contributed by atoms with Crippen LogP contribution in [0.1, 0.15) is 16.2 Å². The van der Waals surface area contributed by atoms with Gasteiger partial charge in [0, 0.05) is 11.4 Å². The molecular formula is C17H12F2IN3O. The van der Waals surface area contributed by atoms with Crippen molar-refractivity contribution in [2.45, 2.75) is 6.92 Å². The lowest BCUT2D eigenvalue weighted by Crippen LogP contribution is -2.14. The van der Waals surface area contributed by atoms with Gasteiger partial charge in [-0.05, 0) is 59.8 Å². The van der Waals surface area contributed by atoms with Gasteiger partial charge in [0.05, 0.1) is 9.26 Å². The van der Waals surface area contributed by atoms with Gasteiger partial charge in [0.15, 0.2) is 5.69 Å². The Kier molecular flexibility index (Phi) is 4.61. The summed E-state index contributed by atoms with van der Waals surface area (Å²) in [5.41, 5.74) is 1.80. The molecule has 3 aromatic rings. The molecule has 0 saturated carbocycles. The highest BCUT2D eigenvalue weighted by Crippen LogP contribution is 2.21. The highest BCUT2D eigenvalue weighted by Gasteiger charge is 2.15. The van der Waals surface area contributed by atoms with Crippen LogP contribution in [-0.2, 0) is 0 Å². The number of nitrogens with zero attached hydrogens (tertiary/aromatic N) is 2. The minimum Gasteiger partial charge on any atom is -0.320 e. The van der Waals surface area contributed by atoms with Crippen molar-refractivity contribution in [3.05, 3.63) is 75.1 Å². The number of carbonyl (C=O) groups excluding carboxylic acids is 1. The molecule has 2 aromatic carbocycles. The molecule has 4 nitrogen and oxygen atoms in total. The second kappa shape index (κ2) is 6.68. The standard InChI is InChI=1S/C17H12F2IN3O/c1-10-7-15(22-23(10)12-5-3-2-4-6-12)17(24)21-11-8-13(18)16(20)14(19)9-11/h2-9H,1H3,(H,21,24). The van der Waals surface area contributed by atoms with Crippen LogP contribution in [0.4, 0.5) is 14.5 Å². The predicted octanol–water partition coefficient (Wildman–Crippen LogP) is 4.32. The molecule has 0 aliphatic heterocycles. The van der Waals surface area contributed by atoms with Gasteiger partial charge in [-0.3, -0.25) is 4.79 Å². The molecule has 1 amide bonds. The number of benzene rings is 2. The summed E-state index contributed by atoms with van der Waals surface area (Å²) >= 11 is 1.57. The zero-order valence-electron chi connectivity index (χ0n) is 12.6. The van der Waals surface area contributed by atoms with Gasteiger partial charge in [-0.15, -0.1) is 0 Å². The van der Waals surface area contributed by atoms with Gasteiger partial charge in [-0.2, -0.15) is 5.10 Å². The predicted molar refractivity (Wildman–Crippen MR) is 95.3 cm³/mol. The monoisotopic (exact) mass is 439 g/mol. The average molecular weight is 439 g/mol. The molecular weight excluding hydrogens is 427 g/mol. The van der Waals surface area contributed by atoms with Crippen molar-refractivity contribution in [1.82, 2.24) is 9.78 Å². The number of anilines is 1. The summed E-state index contributed by atoms with van der Waals surface area (Å²) in [5.74, 6) is -1.98. The van der Waals surface area contributed by atoms with Crippen LogP contribution in [-0.4, -0.2) is 15.7 Å². The van der Waals surface area contributed by atoms with E-state index in [-0.39, 0.29) is 15.0 Å². The van der Waals surface area contributed by atoms with Crippen LogP contribution in [0.3, 0.4) is 0 Å². The Hall–Kier alpha value is -2.29. The second-order valence-electron chi connectivity index (χ2n) is 5.13. The van der Waals surface area contributed by atoms with Crippen LogP contribution in [0.5, 0.6) is 0 Å². The van der Waals surface area contributed by atoms with Crippen LogP contribution in [0.25, 0.3) is 5.69 Å². The second-order valence-corrected chi connectivity index (χ2v) is 6.21. The average Bonchev–Trinajstić information content (AvgIpc) is 2.95. The lowest BCUT2D eigenvalue weighted by atomic mass is 10.2. The van der Waals surface area contributed by atoms with E-state index < -0.39 is 17.5 Å². The van der Waals surface area contributed by atoms with E-state index in [2.05, 4.69) is 10.4 Å². The molecule has 0 radical (unpaired) electrons. The number of amides is 1. The number of aryl methyl sites for hydroxylation is 1. The van der Waals surface area contributed by atoms with Crippen molar-refractivity contribution in [2.75, 3.05) is 5.32 Å². The van der Waals surface area contributed by atoms with Crippen molar-refractivity contribution >= 4 is 34.2 Å². The summed E-state index contributed by atoms with van der Waals surface area (Å²) in [6.45, 7) is 1.82. The number of halogens is 3. The molecule has 24 heavy (non-hydrogen) atoms. The normalized spacial score (nSPS) is 10.7. The summed E-state index contributed by atoms with van der Waals surface area (Å²) in [6, 6.07) is 13.1. The summed E-state index contributed by atoms with van der Waals surface area (Å²) in [5, 5.41) is 6.72. The van der Waals surface area contributed by atoms with E-state index in [0.717, 1.165) is 23.5 Å². The molecule has 0 saturated heterocycles. The maximum absolute atomic E-state index is 13.6. The Bertz CT molecular complexity index is 886. The molecule has 3 rings (SSSR count). The van der Waals surface area contributed by atoms with E-state index in [0.29, 0.717) is 0 Å². The summed E-state index contributed by atoms with van der Waals surface area (Å²) in [4.78, 5) is 12.3. The van der Waals surface area contributed by atoms with E-state index in [1.807, 2.05) is 37.3 Å². The molecule has 122 valence electrons. The third-order valence-electron chi connectivity index (χ3n) is 3.36. The van der Waals surface area contributed by atoms with Crippen LogP contribution in [0, 0.1) is 22.1 Å². The van der Waals surface area contributed by atoms with Gasteiger partial charge in [0.25, 0.3) is 5.91 Å². The molecule has 7 heteroatoms. The van der Waals surface area contributed by atoms with Crippen molar-refractivity contribution < 1.29 is 13.6 Å². The maximum Gasteiger partial charge on any atom is 0.276 e. The fraction of sp³-hybridized carbons (Fsp3) is 0.0588. The maximum atomic E-state index is 13.6. The molecule has 0 unspecified atom stereocenters. The quantitative estimate of drug-likeness (QED) is 0.489. The Morgan fingerprint density at radius 3 is 2.38 bits per heavy atom. The Labute approximate surface area is 150 Å². The highest BCUT2D eigenvalue weighted by atomic mass is 127. The fourth-order valence-electron chi connectivity index (χ4n) is 2.24.